The van der Waals surface area contributed by atoms with E-state index < -0.39 is 5.60 Å². The maximum Gasteiger partial charge on any atom is 0.0831 e. The van der Waals surface area contributed by atoms with Gasteiger partial charge in [0, 0.05) is 0 Å². The highest BCUT2D eigenvalue weighted by atomic mass is 16.3. The lowest BCUT2D eigenvalue weighted by atomic mass is 9.79. The molecule has 0 aliphatic heterocycles. The van der Waals surface area contributed by atoms with E-state index in [9.17, 15) is 5.11 Å². The lowest BCUT2D eigenvalue weighted by Gasteiger charge is -2.32. The SMILES string of the molecule is CC(C)C1=CCCCC1(C)O. The van der Waals surface area contributed by atoms with Gasteiger partial charge in [-0.05, 0) is 37.7 Å². The Morgan fingerprint density at radius 2 is 2.18 bits per heavy atom. The molecule has 0 aromatic rings. The summed E-state index contributed by atoms with van der Waals surface area (Å²) in [6.45, 7) is 6.22. The predicted octanol–water partition coefficient (Wildman–Crippen LogP) is 2.50. The van der Waals surface area contributed by atoms with Crippen LogP contribution in [-0.4, -0.2) is 10.7 Å². The Bertz CT molecular complexity index is 166. The van der Waals surface area contributed by atoms with Crippen molar-refractivity contribution in [3.05, 3.63) is 11.6 Å². The van der Waals surface area contributed by atoms with E-state index in [1.165, 1.54) is 5.57 Å². The molecule has 1 N–H and O–H groups in total. The molecular formula is C10H18O. The van der Waals surface area contributed by atoms with Crippen LogP contribution in [0.25, 0.3) is 0 Å². The zero-order chi connectivity index (χ0) is 8.48. The van der Waals surface area contributed by atoms with Gasteiger partial charge in [-0.15, -0.1) is 0 Å². The van der Waals surface area contributed by atoms with Crippen molar-refractivity contribution in [2.24, 2.45) is 5.92 Å². The van der Waals surface area contributed by atoms with E-state index in [-0.39, 0.29) is 0 Å². The summed E-state index contributed by atoms with van der Waals surface area (Å²) in [7, 11) is 0. The number of allylic oxidation sites excluding steroid dienone is 1. The number of aliphatic hydroxyl groups is 1. The lowest BCUT2D eigenvalue weighted by Crippen LogP contribution is -2.31. The van der Waals surface area contributed by atoms with Gasteiger partial charge in [0.1, 0.15) is 0 Å². The second-order valence-corrected chi connectivity index (χ2v) is 3.98. The fourth-order valence-corrected chi connectivity index (χ4v) is 1.93. The zero-order valence-corrected chi connectivity index (χ0v) is 7.72. The zero-order valence-electron chi connectivity index (χ0n) is 7.72. The van der Waals surface area contributed by atoms with Crippen LogP contribution in [-0.2, 0) is 0 Å². The molecule has 0 saturated heterocycles. The second kappa shape index (κ2) is 2.98. The number of rotatable bonds is 1. The molecule has 0 bridgehead atoms. The van der Waals surface area contributed by atoms with E-state index in [0.29, 0.717) is 5.92 Å². The van der Waals surface area contributed by atoms with Crippen LogP contribution in [0.3, 0.4) is 0 Å². The Hall–Kier alpha value is -0.300. The summed E-state index contributed by atoms with van der Waals surface area (Å²) in [5.41, 5.74) is 0.704. The van der Waals surface area contributed by atoms with Crippen molar-refractivity contribution in [3.8, 4) is 0 Å². The fourth-order valence-electron chi connectivity index (χ4n) is 1.93. The summed E-state index contributed by atoms with van der Waals surface area (Å²) in [6.07, 6.45) is 5.40. The molecule has 11 heavy (non-hydrogen) atoms. The molecule has 0 spiro atoms. The summed E-state index contributed by atoms with van der Waals surface area (Å²) in [5.74, 6) is 0.491. The van der Waals surface area contributed by atoms with E-state index in [1.807, 2.05) is 6.92 Å². The molecule has 0 fully saturated rings. The molecule has 0 radical (unpaired) electrons. The second-order valence-electron chi connectivity index (χ2n) is 3.98. The van der Waals surface area contributed by atoms with Gasteiger partial charge in [0.15, 0.2) is 0 Å². The van der Waals surface area contributed by atoms with Gasteiger partial charge in [-0.2, -0.15) is 0 Å². The summed E-state index contributed by atoms with van der Waals surface area (Å²) in [6, 6.07) is 0. The number of hydrogen-bond acceptors (Lipinski definition) is 1. The molecule has 1 atom stereocenters. The molecule has 1 nitrogen and oxygen atoms in total. The third-order valence-electron chi connectivity index (χ3n) is 2.48. The Balaban J connectivity index is 2.80. The fraction of sp³-hybridized carbons (Fsp3) is 0.800. The van der Waals surface area contributed by atoms with Crippen LogP contribution in [0, 0.1) is 5.92 Å². The third-order valence-corrected chi connectivity index (χ3v) is 2.48. The lowest BCUT2D eigenvalue weighted by molar-refractivity contribution is 0.0721. The summed E-state index contributed by atoms with van der Waals surface area (Å²) >= 11 is 0. The molecule has 0 amide bonds. The first-order valence-electron chi connectivity index (χ1n) is 4.47. The molecular weight excluding hydrogens is 136 g/mol. The van der Waals surface area contributed by atoms with Gasteiger partial charge < -0.3 is 5.11 Å². The van der Waals surface area contributed by atoms with Gasteiger partial charge in [-0.25, -0.2) is 0 Å². The molecule has 1 aliphatic rings. The Kier molecular flexibility index (Phi) is 2.38. The summed E-state index contributed by atoms with van der Waals surface area (Å²) in [5, 5.41) is 9.94. The van der Waals surface area contributed by atoms with Crippen molar-refractivity contribution in [1.29, 1.82) is 0 Å². The van der Waals surface area contributed by atoms with E-state index in [2.05, 4.69) is 19.9 Å². The predicted molar refractivity (Wildman–Crippen MR) is 47.4 cm³/mol. The molecule has 0 aromatic heterocycles. The van der Waals surface area contributed by atoms with Crippen LogP contribution in [0.2, 0.25) is 0 Å². The van der Waals surface area contributed by atoms with Gasteiger partial charge in [0.05, 0.1) is 5.60 Å². The Morgan fingerprint density at radius 3 is 2.55 bits per heavy atom. The van der Waals surface area contributed by atoms with Crippen molar-refractivity contribution >= 4 is 0 Å². The monoisotopic (exact) mass is 154 g/mol. The van der Waals surface area contributed by atoms with Crippen LogP contribution >= 0.6 is 0 Å². The molecule has 0 heterocycles. The van der Waals surface area contributed by atoms with E-state index >= 15 is 0 Å². The van der Waals surface area contributed by atoms with Gasteiger partial charge in [0.2, 0.25) is 0 Å². The highest BCUT2D eigenvalue weighted by Crippen LogP contribution is 2.33. The van der Waals surface area contributed by atoms with Crippen LogP contribution in [0.5, 0.6) is 0 Å². The maximum absolute atomic E-state index is 9.94. The first kappa shape index (κ1) is 8.79. The van der Waals surface area contributed by atoms with Crippen molar-refractivity contribution in [2.45, 2.75) is 45.6 Å². The third kappa shape index (κ3) is 1.84. The number of hydrogen-bond donors (Lipinski definition) is 1. The van der Waals surface area contributed by atoms with Crippen LogP contribution < -0.4 is 0 Å². The Labute approximate surface area is 69.1 Å². The minimum Gasteiger partial charge on any atom is -0.386 e. The Morgan fingerprint density at radius 1 is 1.55 bits per heavy atom. The van der Waals surface area contributed by atoms with Crippen molar-refractivity contribution < 1.29 is 5.11 Å². The standard InChI is InChI=1S/C10H18O/c1-8(2)9-6-4-5-7-10(9,3)11/h6,8,11H,4-5,7H2,1-3H3. The molecule has 1 heteroatoms. The first-order chi connectivity index (χ1) is 5.04. The minimum absolute atomic E-state index is 0.491. The highest BCUT2D eigenvalue weighted by Gasteiger charge is 2.29. The van der Waals surface area contributed by atoms with Crippen molar-refractivity contribution in [3.63, 3.8) is 0 Å². The average Bonchev–Trinajstić information content (AvgIpc) is 1.85. The quantitative estimate of drug-likeness (QED) is 0.575. The minimum atomic E-state index is -0.521. The molecule has 0 aromatic carbocycles. The smallest absolute Gasteiger partial charge is 0.0831 e. The molecule has 0 saturated carbocycles. The van der Waals surface area contributed by atoms with E-state index in [0.717, 1.165) is 19.3 Å². The molecule has 1 aliphatic carbocycles. The van der Waals surface area contributed by atoms with Crippen LogP contribution in [0.15, 0.2) is 11.6 Å². The molecule has 1 rings (SSSR count). The highest BCUT2D eigenvalue weighted by molar-refractivity contribution is 5.19. The van der Waals surface area contributed by atoms with Gasteiger partial charge in [-0.3, -0.25) is 0 Å². The van der Waals surface area contributed by atoms with Crippen LogP contribution in [0.1, 0.15) is 40.0 Å². The topological polar surface area (TPSA) is 20.2 Å². The van der Waals surface area contributed by atoms with E-state index in [1.54, 1.807) is 0 Å². The summed E-state index contributed by atoms with van der Waals surface area (Å²) < 4.78 is 0. The van der Waals surface area contributed by atoms with Gasteiger partial charge in [0.25, 0.3) is 0 Å². The first-order valence-corrected chi connectivity index (χ1v) is 4.47. The van der Waals surface area contributed by atoms with Gasteiger partial charge >= 0.3 is 0 Å². The average molecular weight is 154 g/mol. The normalized spacial score (nSPS) is 32.3. The maximum atomic E-state index is 9.94. The van der Waals surface area contributed by atoms with Crippen molar-refractivity contribution in [1.82, 2.24) is 0 Å². The molecule has 1 unspecified atom stereocenters. The van der Waals surface area contributed by atoms with Gasteiger partial charge in [-0.1, -0.05) is 19.9 Å². The largest absolute Gasteiger partial charge is 0.386 e. The van der Waals surface area contributed by atoms with Crippen LogP contribution in [0.4, 0.5) is 0 Å². The van der Waals surface area contributed by atoms with Crippen molar-refractivity contribution in [2.75, 3.05) is 0 Å². The van der Waals surface area contributed by atoms with E-state index in [4.69, 9.17) is 0 Å². The summed E-state index contributed by atoms with van der Waals surface area (Å²) in [4.78, 5) is 0. The molecule has 64 valence electrons.